The van der Waals surface area contributed by atoms with E-state index in [1.165, 1.54) is 11.7 Å². The van der Waals surface area contributed by atoms with E-state index in [2.05, 4.69) is 4.98 Å². The second kappa shape index (κ2) is 8.91. The van der Waals surface area contributed by atoms with Crippen LogP contribution in [0.3, 0.4) is 0 Å². The zero-order chi connectivity index (χ0) is 21.0. The lowest BCUT2D eigenvalue weighted by Crippen LogP contribution is -2.28. The summed E-state index contributed by atoms with van der Waals surface area (Å²) in [6, 6.07) is 13.7. The van der Waals surface area contributed by atoms with Gasteiger partial charge in [-0.05, 0) is 43.3 Å². The predicted molar refractivity (Wildman–Crippen MR) is 111 cm³/mol. The minimum Gasteiger partial charge on any atom is -0.497 e. The number of Topliss-reactive ketones (excluding diaryl/α,β-unsaturated/α-hetero) is 1. The maximum atomic E-state index is 12.9. The Labute approximate surface area is 171 Å². The lowest BCUT2D eigenvalue weighted by atomic mass is 10.1. The van der Waals surface area contributed by atoms with Crippen molar-refractivity contribution in [1.82, 2.24) is 9.55 Å². The summed E-state index contributed by atoms with van der Waals surface area (Å²) in [6.45, 7) is 1.46. The molecule has 2 aromatic carbocycles. The van der Waals surface area contributed by atoms with Crippen molar-refractivity contribution in [2.75, 3.05) is 14.2 Å². The fraction of sp³-hybridized carbons (Fsp3) is 0.238. The van der Waals surface area contributed by atoms with Gasteiger partial charge in [0, 0.05) is 5.56 Å². The van der Waals surface area contributed by atoms with Crippen LogP contribution in [-0.2, 0) is 16.1 Å². The highest BCUT2D eigenvalue weighted by Crippen LogP contribution is 2.25. The molecule has 0 unspecified atom stereocenters. The number of thioether (sulfide) groups is 1. The van der Waals surface area contributed by atoms with E-state index in [1.807, 2.05) is 0 Å². The van der Waals surface area contributed by atoms with Crippen LogP contribution in [-0.4, -0.2) is 40.8 Å². The Morgan fingerprint density at radius 3 is 2.45 bits per heavy atom. The van der Waals surface area contributed by atoms with Crippen LogP contribution in [0.15, 0.2) is 58.5 Å². The van der Waals surface area contributed by atoms with Crippen molar-refractivity contribution >= 4 is 34.4 Å². The van der Waals surface area contributed by atoms with Gasteiger partial charge < -0.3 is 9.47 Å². The zero-order valence-corrected chi connectivity index (χ0v) is 17.1. The minimum absolute atomic E-state index is 0.121. The lowest BCUT2D eigenvalue weighted by Gasteiger charge is -2.15. The van der Waals surface area contributed by atoms with Gasteiger partial charge in [-0.1, -0.05) is 23.9 Å². The van der Waals surface area contributed by atoms with Crippen LogP contribution < -0.4 is 10.3 Å². The van der Waals surface area contributed by atoms with E-state index >= 15 is 0 Å². The molecule has 1 aromatic heterocycles. The summed E-state index contributed by atoms with van der Waals surface area (Å²) in [5, 5.41) is 0.156. The molecule has 3 rings (SSSR count). The monoisotopic (exact) mass is 412 g/mol. The number of methoxy groups -OCH3 is 2. The number of benzene rings is 2. The molecule has 0 saturated heterocycles. The van der Waals surface area contributed by atoms with Crippen LogP contribution in [0.1, 0.15) is 17.3 Å². The predicted octanol–water partition coefficient (Wildman–Crippen LogP) is 2.94. The van der Waals surface area contributed by atoms with E-state index in [0.717, 1.165) is 11.8 Å². The number of nitrogens with zero attached hydrogens (tertiary/aromatic N) is 2. The third-order valence-electron chi connectivity index (χ3n) is 4.37. The number of ketones is 1. The highest BCUT2D eigenvalue weighted by atomic mass is 32.2. The molecule has 150 valence electrons. The number of ether oxygens (including phenoxy) is 2. The maximum absolute atomic E-state index is 12.9. The Hall–Kier alpha value is -3.13. The molecule has 8 heteroatoms. The van der Waals surface area contributed by atoms with E-state index < -0.39 is 11.2 Å². The van der Waals surface area contributed by atoms with E-state index in [9.17, 15) is 14.4 Å². The van der Waals surface area contributed by atoms with Crippen molar-refractivity contribution in [3.05, 3.63) is 64.4 Å². The van der Waals surface area contributed by atoms with Crippen molar-refractivity contribution in [3.8, 4) is 5.75 Å². The van der Waals surface area contributed by atoms with E-state index in [4.69, 9.17) is 9.47 Å². The van der Waals surface area contributed by atoms with E-state index in [-0.39, 0.29) is 23.0 Å². The van der Waals surface area contributed by atoms with Crippen LogP contribution in [0.2, 0.25) is 0 Å². The average Bonchev–Trinajstić information content (AvgIpc) is 2.75. The average molecular weight is 412 g/mol. The van der Waals surface area contributed by atoms with Gasteiger partial charge in [-0.15, -0.1) is 0 Å². The molecule has 0 spiro atoms. The molecule has 0 aliphatic heterocycles. The summed E-state index contributed by atoms with van der Waals surface area (Å²) < 4.78 is 11.1. The van der Waals surface area contributed by atoms with Gasteiger partial charge in [0.2, 0.25) is 0 Å². The van der Waals surface area contributed by atoms with E-state index in [1.54, 1.807) is 62.6 Å². The molecule has 0 bridgehead atoms. The zero-order valence-electron chi connectivity index (χ0n) is 16.2. The van der Waals surface area contributed by atoms with Crippen molar-refractivity contribution in [3.63, 3.8) is 0 Å². The number of aromatic nitrogens is 2. The topological polar surface area (TPSA) is 87.5 Å². The number of fused-ring (bicyclic) bond motifs is 1. The fourth-order valence-corrected chi connectivity index (χ4v) is 3.76. The number of carbonyl (C=O) groups is 2. The first-order chi connectivity index (χ1) is 13.9. The number of esters is 1. The molecule has 0 aliphatic rings. The van der Waals surface area contributed by atoms with Gasteiger partial charge in [0.1, 0.15) is 12.3 Å². The van der Waals surface area contributed by atoms with Crippen molar-refractivity contribution < 1.29 is 19.1 Å². The number of rotatable bonds is 7. The second-order valence-electron chi connectivity index (χ2n) is 6.23. The van der Waals surface area contributed by atoms with Gasteiger partial charge in [-0.2, -0.15) is 0 Å². The van der Waals surface area contributed by atoms with Crippen molar-refractivity contribution in [2.24, 2.45) is 0 Å². The number of para-hydroxylation sites is 1. The van der Waals surface area contributed by atoms with Crippen LogP contribution in [0.25, 0.3) is 10.9 Å². The molecule has 7 nitrogen and oxygen atoms in total. The molecule has 3 aromatic rings. The molecular weight excluding hydrogens is 392 g/mol. The van der Waals surface area contributed by atoms with Gasteiger partial charge in [-0.25, -0.2) is 4.98 Å². The summed E-state index contributed by atoms with van der Waals surface area (Å²) in [5.74, 6) is -0.0326. The fourth-order valence-electron chi connectivity index (χ4n) is 2.77. The third kappa shape index (κ3) is 4.48. The maximum Gasteiger partial charge on any atom is 0.325 e. The van der Waals surface area contributed by atoms with Gasteiger partial charge in [-0.3, -0.25) is 19.0 Å². The van der Waals surface area contributed by atoms with Gasteiger partial charge in [0.25, 0.3) is 5.56 Å². The van der Waals surface area contributed by atoms with Gasteiger partial charge in [0.05, 0.1) is 30.4 Å². The SMILES string of the molecule is COC(=O)Cn1c(S[C@@H](C)C(=O)c2ccc(OC)cc2)nc2ccccc2c1=O. The van der Waals surface area contributed by atoms with Crippen molar-refractivity contribution in [2.45, 2.75) is 23.9 Å². The molecule has 1 atom stereocenters. The van der Waals surface area contributed by atoms with Crippen LogP contribution in [0.5, 0.6) is 5.75 Å². The number of hydrogen-bond donors (Lipinski definition) is 0. The Kier molecular flexibility index (Phi) is 6.33. The van der Waals surface area contributed by atoms with Gasteiger partial charge >= 0.3 is 5.97 Å². The third-order valence-corrected chi connectivity index (χ3v) is 5.46. The lowest BCUT2D eigenvalue weighted by molar-refractivity contribution is -0.141. The first-order valence-corrected chi connectivity index (χ1v) is 9.74. The Bertz CT molecular complexity index is 1110. The number of carbonyl (C=O) groups excluding carboxylic acids is 2. The Balaban J connectivity index is 1.96. The highest BCUT2D eigenvalue weighted by molar-refractivity contribution is 8.00. The summed E-state index contributed by atoms with van der Waals surface area (Å²) in [4.78, 5) is 42.1. The summed E-state index contributed by atoms with van der Waals surface area (Å²) in [7, 11) is 2.81. The molecule has 0 saturated carbocycles. The van der Waals surface area contributed by atoms with E-state index in [0.29, 0.717) is 22.2 Å². The standard InChI is InChI=1S/C21H20N2O5S/c1-13(19(25)14-8-10-15(27-2)11-9-14)29-21-22-17-7-5-4-6-16(17)20(26)23(21)12-18(24)28-3/h4-11,13H,12H2,1-3H3/t13-/m0/s1. The molecule has 0 radical (unpaired) electrons. The van der Waals surface area contributed by atoms with Crippen LogP contribution in [0.4, 0.5) is 0 Å². The molecule has 0 amide bonds. The molecule has 0 fully saturated rings. The Morgan fingerprint density at radius 1 is 1.10 bits per heavy atom. The second-order valence-corrected chi connectivity index (χ2v) is 7.54. The number of hydrogen-bond acceptors (Lipinski definition) is 7. The smallest absolute Gasteiger partial charge is 0.325 e. The Morgan fingerprint density at radius 2 is 1.79 bits per heavy atom. The minimum atomic E-state index is -0.569. The first-order valence-electron chi connectivity index (χ1n) is 8.86. The van der Waals surface area contributed by atoms with Crippen LogP contribution >= 0.6 is 11.8 Å². The van der Waals surface area contributed by atoms with Crippen LogP contribution in [0, 0.1) is 0 Å². The molecule has 0 aliphatic carbocycles. The molecule has 29 heavy (non-hydrogen) atoms. The largest absolute Gasteiger partial charge is 0.497 e. The normalized spacial score (nSPS) is 11.8. The summed E-state index contributed by atoms with van der Waals surface area (Å²) in [5.41, 5.74) is 0.672. The molecule has 0 N–H and O–H groups in total. The summed E-state index contributed by atoms with van der Waals surface area (Å²) in [6.07, 6.45) is 0. The van der Waals surface area contributed by atoms with Crippen molar-refractivity contribution in [1.29, 1.82) is 0 Å². The quantitative estimate of drug-likeness (QED) is 0.255. The van der Waals surface area contributed by atoms with Gasteiger partial charge in [0.15, 0.2) is 10.9 Å². The highest BCUT2D eigenvalue weighted by Gasteiger charge is 2.22. The molecular formula is C21H20N2O5S. The molecule has 1 heterocycles. The summed E-state index contributed by atoms with van der Waals surface area (Å²) >= 11 is 1.13. The first kappa shape index (κ1) is 20.6.